The second-order valence-corrected chi connectivity index (χ2v) is 8.42. The van der Waals surface area contributed by atoms with E-state index < -0.39 is 0 Å². The number of anilines is 1. The van der Waals surface area contributed by atoms with Crippen molar-refractivity contribution in [3.63, 3.8) is 0 Å². The van der Waals surface area contributed by atoms with Crippen LogP contribution in [-0.4, -0.2) is 9.97 Å². The molecule has 0 bridgehead atoms. The predicted molar refractivity (Wildman–Crippen MR) is 131 cm³/mol. The first-order valence-electron chi connectivity index (χ1n) is 11.2. The summed E-state index contributed by atoms with van der Waals surface area (Å²) < 4.78 is 14.6. The molecule has 3 nitrogen and oxygen atoms in total. The molecule has 5 aromatic rings. The monoisotopic (exact) mass is 431 g/mol. The number of hydrogen-bond acceptors (Lipinski definition) is 3. The highest BCUT2D eigenvalue weighted by Gasteiger charge is 2.28. The molecule has 1 aromatic heterocycles. The molecule has 160 valence electrons. The van der Waals surface area contributed by atoms with E-state index in [4.69, 9.17) is 4.98 Å². The topological polar surface area (TPSA) is 37.8 Å². The first-order valence-corrected chi connectivity index (χ1v) is 11.2. The van der Waals surface area contributed by atoms with Crippen LogP contribution >= 0.6 is 0 Å². The largest absolute Gasteiger partial charge is 0.350 e. The number of nitrogens with zero attached hydrogens (tertiary/aromatic N) is 2. The Morgan fingerprint density at radius 3 is 2.48 bits per heavy atom. The molecular weight excluding hydrogens is 409 g/mol. The Balaban J connectivity index is 1.34. The van der Waals surface area contributed by atoms with Crippen LogP contribution in [0.3, 0.4) is 0 Å². The van der Waals surface area contributed by atoms with Crippen LogP contribution in [0.15, 0.2) is 97.2 Å². The lowest BCUT2D eigenvalue weighted by molar-refractivity contribution is 0.593. The smallest absolute Gasteiger partial charge is 0.223 e. The highest BCUT2D eigenvalue weighted by atomic mass is 19.1. The number of fused-ring (bicyclic) bond motifs is 4. The standard InChI is InChI=1S/C29H22FN3/c30-27-15-6-5-13-24(27)26-16-21-18-32-29(33-28(21)25-14-4-3-12-23(25)26)31-17-20-10-7-9-19-8-1-2-11-22(19)20/h1-15,18,26H,16-17H2,(H,31,32,33). The Morgan fingerprint density at radius 1 is 0.818 bits per heavy atom. The van der Waals surface area contributed by atoms with Gasteiger partial charge in [-0.3, -0.25) is 0 Å². The summed E-state index contributed by atoms with van der Waals surface area (Å²) in [6, 6.07) is 29.9. The molecule has 0 amide bonds. The molecular formula is C29H22FN3. The van der Waals surface area contributed by atoms with Gasteiger partial charge in [-0.05, 0) is 45.5 Å². The molecule has 1 aliphatic rings. The van der Waals surface area contributed by atoms with E-state index in [1.54, 1.807) is 6.07 Å². The minimum Gasteiger partial charge on any atom is -0.350 e. The molecule has 1 aliphatic carbocycles. The van der Waals surface area contributed by atoms with Crippen molar-refractivity contribution in [2.45, 2.75) is 18.9 Å². The molecule has 33 heavy (non-hydrogen) atoms. The maximum atomic E-state index is 14.6. The van der Waals surface area contributed by atoms with Crippen molar-refractivity contribution in [2.24, 2.45) is 0 Å². The van der Waals surface area contributed by atoms with E-state index in [2.05, 4.69) is 64.9 Å². The third-order valence-corrected chi connectivity index (χ3v) is 6.48. The summed E-state index contributed by atoms with van der Waals surface area (Å²) in [7, 11) is 0. The molecule has 0 saturated carbocycles. The van der Waals surface area contributed by atoms with E-state index in [1.807, 2.05) is 30.5 Å². The minimum absolute atomic E-state index is 0.0482. The van der Waals surface area contributed by atoms with Crippen LogP contribution in [0.5, 0.6) is 0 Å². The van der Waals surface area contributed by atoms with E-state index in [9.17, 15) is 4.39 Å². The van der Waals surface area contributed by atoms with Gasteiger partial charge in [0.25, 0.3) is 0 Å². The van der Waals surface area contributed by atoms with Crippen LogP contribution in [0.4, 0.5) is 10.3 Å². The molecule has 6 rings (SSSR count). The van der Waals surface area contributed by atoms with Crippen LogP contribution in [0.25, 0.3) is 22.0 Å². The fraction of sp³-hybridized carbons (Fsp3) is 0.103. The van der Waals surface area contributed by atoms with Crippen molar-refractivity contribution in [1.82, 2.24) is 9.97 Å². The highest BCUT2D eigenvalue weighted by Crippen LogP contribution is 2.42. The fourth-order valence-corrected chi connectivity index (χ4v) is 4.88. The summed E-state index contributed by atoms with van der Waals surface area (Å²) in [6.07, 6.45) is 2.56. The molecule has 4 aromatic carbocycles. The lowest BCUT2D eigenvalue weighted by atomic mass is 9.78. The number of benzene rings is 4. The lowest BCUT2D eigenvalue weighted by Crippen LogP contribution is -2.16. The fourth-order valence-electron chi connectivity index (χ4n) is 4.88. The number of halogens is 1. The SMILES string of the molecule is Fc1ccccc1C1Cc2cnc(NCc3cccc4ccccc34)nc2-c2ccccc21. The van der Waals surface area contributed by atoms with Crippen LogP contribution in [0, 0.1) is 5.82 Å². The van der Waals surface area contributed by atoms with Gasteiger partial charge in [-0.2, -0.15) is 0 Å². The van der Waals surface area contributed by atoms with Crippen LogP contribution in [0.2, 0.25) is 0 Å². The molecule has 0 spiro atoms. The van der Waals surface area contributed by atoms with Gasteiger partial charge in [0.15, 0.2) is 0 Å². The Morgan fingerprint density at radius 2 is 1.58 bits per heavy atom. The van der Waals surface area contributed by atoms with Gasteiger partial charge in [0.05, 0.1) is 5.69 Å². The van der Waals surface area contributed by atoms with Crippen LogP contribution in [0.1, 0.15) is 28.2 Å². The molecule has 1 atom stereocenters. The van der Waals surface area contributed by atoms with Crippen LogP contribution in [-0.2, 0) is 13.0 Å². The number of aromatic nitrogens is 2. The van der Waals surface area contributed by atoms with Gasteiger partial charge in [-0.15, -0.1) is 0 Å². The Kier molecular flexibility index (Phi) is 4.84. The normalized spacial score (nSPS) is 14.5. The van der Waals surface area contributed by atoms with Gasteiger partial charge in [0.2, 0.25) is 5.95 Å². The molecule has 1 N–H and O–H groups in total. The molecule has 1 heterocycles. The minimum atomic E-state index is -0.171. The average Bonchev–Trinajstić information content (AvgIpc) is 2.87. The summed E-state index contributed by atoms with van der Waals surface area (Å²) >= 11 is 0. The maximum absolute atomic E-state index is 14.6. The van der Waals surface area contributed by atoms with Gasteiger partial charge in [0.1, 0.15) is 5.82 Å². The van der Waals surface area contributed by atoms with E-state index in [-0.39, 0.29) is 11.7 Å². The summed E-state index contributed by atoms with van der Waals surface area (Å²) in [5.74, 6) is 0.379. The maximum Gasteiger partial charge on any atom is 0.223 e. The Bertz CT molecular complexity index is 1470. The van der Waals surface area contributed by atoms with Crippen molar-refractivity contribution in [1.29, 1.82) is 0 Å². The van der Waals surface area contributed by atoms with Crippen LogP contribution < -0.4 is 5.32 Å². The first kappa shape index (κ1) is 19.6. The number of rotatable bonds is 4. The zero-order valence-corrected chi connectivity index (χ0v) is 18.0. The number of hydrogen-bond donors (Lipinski definition) is 1. The summed E-state index contributed by atoms with van der Waals surface area (Å²) in [5, 5.41) is 5.85. The van der Waals surface area contributed by atoms with Gasteiger partial charge >= 0.3 is 0 Å². The molecule has 0 fully saturated rings. The molecule has 0 saturated heterocycles. The quantitative estimate of drug-likeness (QED) is 0.343. The van der Waals surface area contributed by atoms with E-state index >= 15 is 0 Å². The Labute approximate surface area is 192 Å². The van der Waals surface area contributed by atoms with Crippen molar-refractivity contribution >= 4 is 16.7 Å². The molecule has 0 radical (unpaired) electrons. The zero-order chi connectivity index (χ0) is 22.2. The highest BCUT2D eigenvalue weighted by molar-refractivity contribution is 5.85. The van der Waals surface area contributed by atoms with E-state index in [0.717, 1.165) is 22.4 Å². The van der Waals surface area contributed by atoms with Crippen molar-refractivity contribution in [3.05, 3.63) is 125 Å². The zero-order valence-electron chi connectivity index (χ0n) is 18.0. The first-order chi connectivity index (χ1) is 16.3. The van der Waals surface area contributed by atoms with Gasteiger partial charge in [-0.25, -0.2) is 14.4 Å². The second-order valence-electron chi connectivity index (χ2n) is 8.42. The summed E-state index contributed by atoms with van der Waals surface area (Å²) in [6.45, 7) is 0.639. The van der Waals surface area contributed by atoms with Gasteiger partial charge in [-0.1, -0.05) is 84.9 Å². The summed E-state index contributed by atoms with van der Waals surface area (Å²) in [5.41, 5.74) is 6.03. The predicted octanol–water partition coefficient (Wildman–Crippen LogP) is 6.74. The van der Waals surface area contributed by atoms with Crippen molar-refractivity contribution < 1.29 is 4.39 Å². The van der Waals surface area contributed by atoms with Gasteiger partial charge in [0, 0.05) is 24.2 Å². The molecule has 1 unspecified atom stereocenters. The third kappa shape index (κ3) is 3.54. The summed E-state index contributed by atoms with van der Waals surface area (Å²) in [4.78, 5) is 9.48. The van der Waals surface area contributed by atoms with Crippen molar-refractivity contribution in [3.8, 4) is 11.3 Å². The average molecular weight is 432 g/mol. The Hall–Kier alpha value is -4.05. The second kappa shape index (κ2) is 8.14. The van der Waals surface area contributed by atoms with Crippen molar-refractivity contribution in [2.75, 3.05) is 5.32 Å². The van der Waals surface area contributed by atoms with Gasteiger partial charge < -0.3 is 5.32 Å². The molecule has 0 aliphatic heterocycles. The molecule has 4 heteroatoms. The lowest BCUT2D eigenvalue weighted by Gasteiger charge is -2.27. The van der Waals surface area contributed by atoms with E-state index in [0.29, 0.717) is 24.5 Å². The third-order valence-electron chi connectivity index (χ3n) is 6.48. The number of nitrogens with one attached hydrogen (secondary N) is 1. The van der Waals surface area contributed by atoms with E-state index in [1.165, 1.54) is 22.4 Å².